The van der Waals surface area contributed by atoms with E-state index in [9.17, 15) is 0 Å². The molecule has 0 aliphatic carbocycles. The van der Waals surface area contributed by atoms with Crippen LogP contribution in [0, 0.1) is 0 Å². The molecule has 1 fully saturated rings. The fourth-order valence-electron chi connectivity index (χ4n) is 2.11. The van der Waals surface area contributed by atoms with Crippen molar-refractivity contribution >= 4 is 11.6 Å². The molecule has 0 amide bonds. The Morgan fingerprint density at radius 1 is 1.28 bits per heavy atom. The van der Waals surface area contributed by atoms with Gasteiger partial charge < -0.3 is 10.5 Å². The van der Waals surface area contributed by atoms with E-state index in [0.717, 1.165) is 17.3 Å². The largest absolute Gasteiger partial charge is 0.492 e. The lowest BCUT2D eigenvalue weighted by Gasteiger charge is -2.15. The van der Waals surface area contributed by atoms with Gasteiger partial charge in [-0.05, 0) is 57.6 Å². The zero-order valence-corrected chi connectivity index (χ0v) is 12.0. The van der Waals surface area contributed by atoms with Gasteiger partial charge in [-0.15, -0.1) is 0 Å². The second kappa shape index (κ2) is 8.35. The number of benzene rings is 1. The molecule has 1 heterocycles. The molecule has 2 rings (SSSR count). The van der Waals surface area contributed by atoms with Gasteiger partial charge in [0, 0.05) is 6.54 Å². The fourth-order valence-corrected chi connectivity index (χ4v) is 2.37. The molecule has 0 spiro atoms. The molecule has 3 nitrogen and oxygen atoms in total. The summed E-state index contributed by atoms with van der Waals surface area (Å²) in [5.41, 5.74) is 5.77. The standard InChI is InChI=1S/C13H18ClNO.CH5N/c1-2-16-13-6-5-11(9-12(13)14)10-15-7-3-4-8-15;1-2/h5-6,9H,2-4,7-8,10H2,1H3;2H2,1H3. The topological polar surface area (TPSA) is 38.5 Å². The van der Waals surface area contributed by atoms with Crippen LogP contribution in [0.15, 0.2) is 18.2 Å². The van der Waals surface area contributed by atoms with E-state index in [1.165, 1.54) is 38.5 Å². The average Bonchev–Trinajstić information content (AvgIpc) is 2.88. The van der Waals surface area contributed by atoms with Crippen molar-refractivity contribution in [3.8, 4) is 5.75 Å². The number of nitrogens with zero attached hydrogens (tertiary/aromatic N) is 1. The smallest absolute Gasteiger partial charge is 0.137 e. The second-order valence-corrected chi connectivity index (χ2v) is 4.59. The number of hydrogen-bond acceptors (Lipinski definition) is 3. The summed E-state index contributed by atoms with van der Waals surface area (Å²) in [5.74, 6) is 0.786. The molecule has 102 valence electrons. The summed E-state index contributed by atoms with van der Waals surface area (Å²) in [6.45, 7) is 6.06. The molecule has 1 saturated heterocycles. The first kappa shape index (κ1) is 15.3. The normalized spacial score (nSPS) is 15.1. The van der Waals surface area contributed by atoms with Gasteiger partial charge in [0.15, 0.2) is 0 Å². The Bertz CT molecular complexity index is 352. The molecule has 0 saturated carbocycles. The minimum Gasteiger partial charge on any atom is -0.492 e. The lowest BCUT2D eigenvalue weighted by molar-refractivity contribution is 0.329. The van der Waals surface area contributed by atoms with Gasteiger partial charge in [-0.25, -0.2) is 0 Å². The van der Waals surface area contributed by atoms with E-state index in [1.807, 2.05) is 19.1 Å². The molecule has 0 radical (unpaired) electrons. The quantitative estimate of drug-likeness (QED) is 0.914. The van der Waals surface area contributed by atoms with E-state index in [4.69, 9.17) is 16.3 Å². The molecular formula is C14H23ClN2O. The van der Waals surface area contributed by atoms with E-state index in [-0.39, 0.29) is 0 Å². The van der Waals surface area contributed by atoms with Crippen LogP contribution in [0.2, 0.25) is 5.02 Å². The molecule has 1 aromatic rings. The first-order valence-corrected chi connectivity index (χ1v) is 6.88. The van der Waals surface area contributed by atoms with Crippen LogP contribution in [0.25, 0.3) is 0 Å². The molecule has 0 atom stereocenters. The van der Waals surface area contributed by atoms with Crippen molar-refractivity contribution in [1.82, 2.24) is 4.90 Å². The molecule has 1 aliphatic rings. The molecule has 1 aliphatic heterocycles. The number of hydrogen-bond donors (Lipinski definition) is 1. The number of likely N-dealkylation sites (tertiary alicyclic amines) is 1. The van der Waals surface area contributed by atoms with Crippen molar-refractivity contribution in [2.75, 3.05) is 26.7 Å². The SMILES string of the molecule is CCOc1ccc(CN2CCCC2)cc1Cl.CN. The monoisotopic (exact) mass is 270 g/mol. The summed E-state index contributed by atoms with van der Waals surface area (Å²) in [4.78, 5) is 2.46. The van der Waals surface area contributed by atoms with Gasteiger partial charge in [0.05, 0.1) is 11.6 Å². The fraction of sp³-hybridized carbons (Fsp3) is 0.571. The van der Waals surface area contributed by atoms with Crippen LogP contribution in [-0.2, 0) is 6.54 Å². The zero-order chi connectivity index (χ0) is 13.4. The van der Waals surface area contributed by atoms with Crippen molar-refractivity contribution in [2.45, 2.75) is 26.3 Å². The number of rotatable bonds is 4. The van der Waals surface area contributed by atoms with E-state index in [1.54, 1.807) is 0 Å². The molecule has 0 bridgehead atoms. The maximum Gasteiger partial charge on any atom is 0.137 e. The van der Waals surface area contributed by atoms with Crippen LogP contribution >= 0.6 is 11.6 Å². The highest BCUT2D eigenvalue weighted by Gasteiger charge is 2.12. The Morgan fingerprint density at radius 3 is 2.50 bits per heavy atom. The third-order valence-corrected chi connectivity index (χ3v) is 3.20. The predicted molar refractivity (Wildman–Crippen MR) is 77.2 cm³/mol. The first-order valence-electron chi connectivity index (χ1n) is 6.51. The van der Waals surface area contributed by atoms with E-state index in [0.29, 0.717) is 6.61 Å². The maximum atomic E-state index is 6.15. The van der Waals surface area contributed by atoms with Crippen molar-refractivity contribution < 1.29 is 4.74 Å². The van der Waals surface area contributed by atoms with Crippen LogP contribution in [0.3, 0.4) is 0 Å². The van der Waals surface area contributed by atoms with E-state index < -0.39 is 0 Å². The van der Waals surface area contributed by atoms with Crippen molar-refractivity contribution in [3.05, 3.63) is 28.8 Å². The van der Waals surface area contributed by atoms with E-state index in [2.05, 4.69) is 16.7 Å². The molecule has 18 heavy (non-hydrogen) atoms. The van der Waals surface area contributed by atoms with Crippen LogP contribution in [0.5, 0.6) is 5.75 Å². The highest BCUT2D eigenvalue weighted by Crippen LogP contribution is 2.26. The highest BCUT2D eigenvalue weighted by molar-refractivity contribution is 6.32. The van der Waals surface area contributed by atoms with Gasteiger partial charge >= 0.3 is 0 Å². The van der Waals surface area contributed by atoms with Crippen LogP contribution in [0.4, 0.5) is 0 Å². The summed E-state index contributed by atoms with van der Waals surface area (Å²) in [6.07, 6.45) is 2.65. The van der Waals surface area contributed by atoms with Crippen molar-refractivity contribution in [2.24, 2.45) is 5.73 Å². The molecule has 0 unspecified atom stereocenters. The summed E-state index contributed by atoms with van der Waals surface area (Å²) < 4.78 is 5.42. The van der Waals surface area contributed by atoms with Gasteiger partial charge in [-0.3, -0.25) is 4.90 Å². The second-order valence-electron chi connectivity index (χ2n) is 4.18. The lowest BCUT2D eigenvalue weighted by Crippen LogP contribution is -2.18. The third-order valence-electron chi connectivity index (χ3n) is 2.90. The van der Waals surface area contributed by atoms with Crippen LogP contribution in [0.1, 0.15) is 25.3 Å². The van der Waals surface area contributed by atoms with Gasteiger partial charge in [0.2, 0.25) is 0 Å². The van der Waals surface area contributed by atoms with Gasteiger partial charge in [0.25, 0.3) is 0 Å². The summed E-state index contributed by atoms with van der Waals surface area (Å²) in [5, 5.41) is 0.721. The van der Waals surface area contributed by atoms with Gasteiger partial charge in [-0.2, -0.15) is 0 Å². The molecular weight excluding hydrogens is 248 g/mol. The Hall–Kier alpha value is -0.770. The first-order chi connectivity index (χ1) is 8.79. The minimum atomic E-state index is 0.658. The predicted octanol–water partition coefficient (Wildman–Crippen LogP) is 2.91. The number of halogens is 1. The van der Waals surface area contributed by atoms with Gasteiger partial charge in [0.1, 0.15) is 5.75 Å². The molecule has 4 heteroatoms. The average molecular weight is 271 g/mol. The van der Waals surface area contributed by atoms with Crippen molar-refractivity contribution in [3.63, 3.8) is 0 Å². The summed E-state index contributed by atoms with van der Waals surface area (Å²) >= 11 is 6.15. The molecule has 1 aromatic carbocycles. The highest BCUT2D eigenvalue weighted by atomic mass is 35.5. The van der Waals surface area contributed by atoms with Crippen LogP contribution < -0.4 is 10.5 Å². The molecule has 2 N–H and O–H groups in total. The maximum absolute atomic E-state index is 6.15. The Balaban J connectivity index is 0.000000771. The van der Waals surface area contributed by atoms with Crippen LogP contribution in [-0.4, -0.2) is 31.6 Å². The summed E-state index contributed by atoms with van der Waals surface area (Å²) in [7, 11) is 1.50. The van der Waals surface area contributed by atoms with E-state index >= 15 is 0 Å². The van der Waals surface area contributed by atoms with Gasteiger partial charge in [-0.1, -0.05) is 17.7 Å². The van der Waals surface area contributed by atoms with Crippen molar-refractivity contribution in [1.29, 1.82) is 0 Å². The Morgan fingerprint density at radius 2 is 1.94 bits per heavy atom. The zero-order valence-electron chi connectivity index (χ0n) is 11.3. The number of nitrogens with two attached hydrogens (primary N) is 1. The third kappa shape index (κ3) is 4.48. The summed E-state index contributed by atoms with van der Waals surface area (Å²) in [6, 6.07) is 6.09. The molecule has 0 aromatic heterocycles. The Kier molecular flexibility index (Phi) is 7.09. The Labute approximate surface area is 115 Å². The number of ether oxygens (including phenoxy) is 1. The minimum absolute atomic E-state index is 0.658. The lowest BCUT2D eigenvalue weighted by atomic mass is 10.2.